The zero-order valence-corrected chi connectivity index (χ0v) is 20.0. The third-order valence-corrected chi connectivity index (χ3v) is 7.59. The molecule has 1 aliphatic heterocycles. The molecule has 5 rings (SSSR count). The van der Waals surface area contributed by atoms with Crippen LogP contribution >= 0.6 is 23.1 Å². The van der Waals surface area contributed by atoms with E-state index in [4.69, 9.17) is 9.72 Å². The number of para-hydroxylation sites is 1. The van der Waals surface area contributed by atoms with Gasteiger partial charge in [-0.2, -0.15) is 0 Å². The normalized spacial score (nSPS) is 15.5. The maximum absolute atomic E-state index is 11.8. The molecule has 3 aromatic carbocycles. The fourth-order valence-corrected chi connectivity index (χ4v) is 5.63. The average Bonchev–Trinajstić information content (AvgIpc) is 3.42. The molecule has 4 aromatic rings. The zero-order valence-electron chi connectivity index (χ0n) is 18.3. The minimum Gasteiger partial charge on any atom is -0.492 e. The molecule has 0 saturated carbocycles. The van der Waals surface area contributed by atoms with Crippen molar-refractivity contribution in [2.75, 3.05) is 18.1 Å². The number of thioether (sulfide) groups is 1. The van der Waals surface area contributed by atoms with Crippen LogP contribution in [0.1, 0.15) is 11.1 Å². The van der Waals surface area contributed by atoms with Gasteiger partial charge in [0.2, 0.25) is 5.91 Å². The number of hydrogen-bond acceptors (Lipinski definition) is 7. The van der Waals surface area contributed by atoms with Crippen molar-refractivity contribution >= 4 is 49.6 Å². The smallest absolute Gasteiger partial charge is 0.286 e. The van der Waals surface area contributed by atoms with Gasteiger partial charge in [-0.3, -0.25) is 14.9 Å². The molecule has 1 fully saturated rings. The van der Waals surface area contributed by atoms with Crippen LogP contribution in [0.2, 0.25) is 0 Å². The second-order valence-electron chi connectivity index (χ2n) is 7.95. The van der Waals surface area contributed by atoms with Crippen molar-refractivity contribution in [2.24, 2.45) is 0 Å². The first-order valence-corrected chi connectivity index (χ1v) is 12.7. The Morgan fingerprint density at radius 3 is 2.41 bits per heavy atom. The molecular formula is C26H23N3O3S2. The monoisotopic (exact) mass is 489 g/mol. The Balaban J connectivity index is 1.22. The Hall–Kier alpha value is -3.36. The van der Waals surface area contributed by atoms with Gasteiger partial charge in [0.15, 0.2) is 5.13 Å². The minimum atomic E-state index is -0.361. The number of rotatable bonds is 9. The second kappa shape index (κ2) is 10.3. The first kappa shape index (κ1) is 22.4. The molecule has 34 heavy (non-hydrogen) atoms. The summed E-state index contributed by atoms with van der Waals surface area (Å²) in [5, 5.41) is 2.67. The molecule has 0 bridgehead atoms. The predicted molar refractivity (Wildman–Crippen MR) is 138 cm³/mol. The molecule has 8 heteroatoms. The van der Waals surface area contributed by atoms with Gasteiger partial charge < -0.3 is 9.64 Å². The fourth-order valence-electron chi connectivity index (χ4n) is 3.78. The van der Waals surface area contributed by atoms with Crippen molar-refractivity contribution in [3.05, 3.63) is 90.0 Å². The summed E-state index contributed by atoms with van der Waals surface area (Å²) >= 11 is 2.74. The van der Waals surface area contributed by atoms with E-state index in [1.807, 2.05) is 60.7 Å². The van der Waals surface area contributed by atoms with Crippen molar-refractivity contribution in [3.8, 4) is 5.75 Å². The van der Waals surface area contributed by atoms with E-state index in [-0.39, 0.29) is 16.4 Å². The molecule has 2 amide bonds. The second-order valence-corrected chi connectivity index (χ2v) is 10.1. The Morgan fingerprint density at radius 2 is 1.68 bits per heavy atom. The summed E-state index contributed by atoms with van der Waals surface area (Å²) in [4.78, 5) is 30.2. The molecule has 1 aromatic heterocycles. The predicted octanol–water partition coefficient (Wildman–Crippen LogP) is 5.28. The van der Waals surface area contributed by atoms with E-state index >= 15 is 0 Å². The van der Waals surface area contributed by atoms with E-state index in [1.165, 1.54) is 10.3 Å². The van der Waals surface area contributed by atoms with Crippen LogP contribution < -0.4 is 15.0 Å². The van der Waals surface area contributed by atoms with E-state index in [0.717, 1.165) is 40.3 Å². The molecule has 1 unspecified atom stereocenters. The quantitative estimate of drug-likeness (QED) is 0.345. The van der Waals surface area contributed by atoms with E-state index in [2.05, 4.69) is 28.4 Å². The number of nitrogens with zero attached hydrogens (tertiary/aromatic N) is 2. The van der Waals surface area contributed by atoms with Gasteiger partial charge in [0.25, 0.3) is 5.24 Å². The van der Waals surface area contributed by atoms with Crippen LogP contribution in [0.5, 0.6) is 5.75 Å². The zero-order chi connectivity index (χ0) is 23.3. The van der Waals surface area contributed by atoms with Crippen LogP contribution in [0.25, 0.3) is 10.2 Å². The summed E-state index contributed by atoms with van der Waals surface area (Å²) in [5.41, 5.74) is 3.22. The van der Waals surface area contributed by atoms with Gasteiger partial charge in [-0.15, -0.1) is 0 Å². The van der Waals surface area contributed by atoms with Crippen molar-refractivity contribution in [1.29, 1.82) is 0 Å². The minimum absolute atomic E-state index is 0.219. The van der Waals surface area contributed by atoms with Gasteiger partial charge >= 0.3 is 0 Å². The lowest BCUT2D eigenvalue weighted by Crippen LogP contribution is -2.27. The van der Waals surface area contributed by atoms with Crippen LogP contribution in [0, 0.1) is 0 Å². The van der Waals surface area contributed by atoms with Crippen molar-refractivity contribution < 1.29 is 14.3 Å². The van der Waals surface area contributed by atoms with Crippen molar-refractivity contribution in [1.82, 2.24) is 10.3 Å². The van der Waals surface area contributed by atoms with Crippen LogP contribution in [0.4, 0.5) is 9.93 Å². The average molecular weight is 490 g/mol. The Kier molecular flexibility index (Phi) is 6.78. The maximum Gasteiger partial charge on any atom is 0.286 e. The molecule has 1 N–H and O–H groups in total. The molecule has 0 radical (unpaired) electrons. The highest BCUT2D eigenvalue weighted by atomic mass is 32.2. The first-order valence-electron chi connectivity index (χ1n) is 11.0. The summed E-state index contributed by atoms with van der Waals surface area (Å²) < 4.78 is 7.20. The number of fused-ring (bicyclic) bond motifs is 1. The van der Waals surface area contributed by atoms with Gasteiger partial charge in [-0.05, 0) is 41.8 Å². The highest BCUT2D eigenvalue weighted by Gasteiger charge is 2.31. The summed E-state index contributed by atoms with van der Waals surface area (Å²) in [6, 6.07) is 26.3. The van der Waals surface area contributed by atoms with E-state index in [9.17, 15) is 9.59 Å². The Labute approximate surface area is 206 Å². The van der Waals surface area contributed by atoms with Crippen molar-refractivity contribution in [3.63, 3.8) is 0 Å². The molecule has 0 spiro atoms. The number of ether oxygens (including phenoxy) is 1. The van der Waals surface area contributed by atoms with E-state index in [1.54, 1.807) is 11.3 Å². The van der Waals surface area contributed by atoms with Gasteiger partial charge in [-0.1, -0.05) is 77.7 Å². The molecular weight excluding hydrogens is 466 g/mol. The molecule has 6 nitrogen and oxygen atoms in total. The Bertz CT molecular complexity index is 1260. The highest BCUT2D eigenvalue weighted by molar-refractivity contribution is 8.15. The number of benzene rings is 3. The number of imide groups is 1. The number of nitrogens with one attached hydrogen (secondary N) is 1. The molecule has 2 heterocycles. The van der Waals surface area contributed by atoms with Gasteiger partial charge in [0.1, 0.15) is 12.4 Å². The van der Waals surface area contributed by atoms with Gasteiger partial charge in [0, 0.05) is 6.54 Å². The van der Waals surface area contributed by atoms with Crippen molar-refractivity contribution in [2.45, 2.75) is 18.2 Å². The number of thiazole rings is 1. The topological polar surface area (TPSA) is 71.5 Å². The number of amides is 2. The molecule has 172 valence electrons. The molecule has 1 saturated heterocycles. The number of carbonyl (C=O) groups is 2. The number of carbonyl (C=O) groups excluding carboxylic acids is 2. The van der Waals surface area contributed by atoms with Crippen LogP contribution in [0.15, 0.2) is 78.9 Å². The molecule has 1 atom stereocenters. The van der Waals surface area contributed by atoms with E-state index in [0.29, 0.717) is 19.6 Å². The molecule has 0 aliphatic carbocycles. The maximum atomic E-state index is 11.8. The van der Waals surface area contributed by atoms with E-state index < -0.39 is 0 Å². The lowest BCUT2D eigenvalue weighted by atomic mass is 10.1. The van der Waals surface area contributed by atoms with Gasteiger partial charge in [-0.25, -0.2) is 4.98 Å². The lowest BCUT2D eigenvalue weighted by Gasteiger charge is -2.22. The number of aromatic nitrogens is 1. The third kappa shape index (κ3) is 5.40. The van der Waals surface area contributed by atoms with Crippen LogP contribution in [-0.4, -0.2) is 34.5 Å². The standard InChI is InChI=1S/C26H23N3O3S2/c30-24-23(34-26(31)28-24)16-18-10-12-20(13-11-18)32-15-14-29(17-19-6-2-1-3-7-19)25-27-21-8-4-5-9-22(21)33-25/h1-13,23H,14-17H2,(H,28,30,31). The lowest BCUT2D eigenvalue weighted by molar-refractivity contribution is -0.118. The largest absolute Gasteiger partial charge is 0.492 e. The molecule has 1 aliphatic rings. The van der Waals surface area contributed by atoms with Crippen LogP contribution in [0.3, 0.4) is 0 Å². The summed E-state index contributed by atoms with van der Waals surface area (Å²) in [6.07, 6.45) is 0.519. The third-order valence-electron chi connectivity index (χ3n) is 5.51. The summed E-state index contributed by atoms with van der Waals surface area (Å²) in [7, 11) is 0. The SMILES string of the molecule is O=C1NC(=O)C(Cc2ccc(OCCN(Cc3ccccc3)c3nc4ccccc4s3)cc2)S1. The first-order chi connectivity index (χ1) is 16.6. The summed E-state index contributed by atoms with van der Waals surface area (Å²) in [5.74, 6) is 0.552. The number of hydrogen-bond donors (Lipinski definition) is 1. The Morgan fingerprint density at radius 1 is 0.912 bits per heavy atom. The summed E-state index contributed by atoms with van der Waals surface area (Å²) in [6.45, 7) is 1.96. The fraction of sp³-hybridized carbons (Fsp3) is 0.192. The number of anilines is 1. The van der Waals surface area contributed by atoms with Gasteiger partial charge in [0.05, 0.1) is 22.0 Å². The highest BCUT2D eigenvalue weighted by Crippen LogP contribution is 2.29. The van der Waals surface area contributed by atoms with Crippen LogP contribution in [-0.2, 0) is 17.8 Å².